The number of aliphatic hydroxyl groups is 2. The maximum absolute atomic E-state index is 14.3. The van der Waals surface area contributed by atoms with Crippen LogP contribution in [0.15, 0.2) is 121 Å². The van der Waals surface area contributed by atoms with Crippen molar-refractivity contribution in [2.24, 2.45) is 11.5 Å². The summed E-state index contributed by atoms with van der Waals surface area (Å²) >= 11 is 0.756. The van der Waals surface area contributed by atoms with E-state index in [1.807, 2.05) is 0 Å². The molecule has 0 bridgehead atoms. The molecule has 72 heavy (non-hydrogen) atoms. The number of carbonyl (C=O) groups excluding carboxylic acids is 6. The van der Waals surface area contributed by atoms with Gasteiger partial charge in [-0.15, -0.1) is 11.8 Å². The predicted molar refractivity (Wildman–Crippen MR) is 250 cm³/mol. The van der Waals surface area contributed by atoms with E-state index in [0.717, 1.165) is 25.8 Å². The van der Waals surface area contributed by atoms with Gasteiger partial charge in [0.15, 0.2) is 43.1 Å². The minimum atomic E-state index is -1.95. The Bertz CT molecular complexity index is 2460. The van der Waals surface area contributed by atoms with Gasteiger partial charge in [-0.2, -0.15) is 0 Å². The van der Waals surface area contributed by atoms with Crippen molar-refractivity contribution in [2.75, 3.05) is 27.4 Å². The first-order valence-electron chi connectivity index (χ1n) is 22.6. The average molecular weight is 1020 g/mol. The van der Waals surface area contributed by atoms with Crippen LogP contribution < -0.4 is 11.5 Å². The lowest BCUT2D eigenvalue weighted by Crippen LogP contribution is -2.69. The largest absolute Gasteiger partial charge is 0.467 e. The van der Waals surface area contributed by atoms with Crippen LogP contribution in [0.4, 0.5) is 0 Å². The fourth-order valence-corrected chi connectivity index (χ4v) is 9.86. The number of thioether (sulfide) groups is 1. The zero-order chi connectivity index (χ0) is 51.5. The molecule has 3 aliphatic heterocycles. The molecule has 0 radical (unpaired) electrons. The van der Waals surface area contributed by atoms with Crippen molar-refractivity contribution in [1.29, 1.82) is 0 Å². The van der Waals surface area contributed by atoms with E-state index < -0.39 is 139 Å². The van der Waals surface area contributed by atoms with Crippen molar-refractivity contribution in [3.05, 3.63) is 144 Å². The SMILES string of the molecule is COC(=O)[C@H]1O[C@@H](S[C@H]2[C@H](OC(=O)c3ccccc3)[C@@H](N)[C@@H](OC)O[C@@H]2CO)[C@H](OC(=O)c2ccccc2)[C@@H](OC(=O)c2ccccc2)[C@@H]1O[C@H]1OC(CO)[C@@H](OC(C)=O)[C@H](OC(=O)c2ccccc2)C1N. The third kappa shape index (κ3) is 12.5. The van der Waals surface area contributed by atoms with Gasteiger partial charge in [-0.3, -0.25) is 4.79 Å². The molecule has 21 nitrogen and oxygen atoms in total. The van der Waals surface area contributed by atoms with E-state index in [4.69, 9.17) is 63.6 Å². The summed E-state index contributed by atoms with van der Waals surface area (Å²) in [5.74, 6) is -5.67. The second-order valence-electron chi connectivity index (χ2n) is 16.5. The molecule has 384 valence electrons. The Hall–Kier alpha value is -6.31. The summed E-state index contributed by atoms with van der Waals surface area (Å²) in [4.78, 5) is 82.5. The number of ether oxygens (including phenoxy) is 11. The van der Waals surface area contributed by atoms with Crippen molar-refractivity contribution in [3.63, 3.8) is 0 Å². The van der Waals surface area contributed by atoms with Crippen LogP contribution in [0.1, 0.15) is 48.4 Å². The summed E-state index contributed by atoms with van der Waals surface area (Å²) in [7, 11) is 2.33. The zero-order valence-electron chi connectivity index (χ0n) is 39.0. The normalized spacial score (nSPS) is 30.2. The number of hydrogen-bond donors (Lipinski definition) is 4. The summed E-state index contributed by atoms with van der Waals surface area (Å²) in [6.07, 6.45) is -17.8. The van der Waals surface area contributed by atoms with E-state index >= 15 is 0 Å². The highest BCUT2D eigenvalue weighted by Gasteiger charge is 2.59. The van der Waals surface area contributed by atoms with E-state index in [2.05, 4.69) is 0 Å². The number of nitrogens with two attached hydrogens (primary N) is 2. The van der Waals surface area contributed by atoms with Crippen molar-refractivity contribution in [2.45, 2.75) is 97.2 Å². The van der Waals surface area contributed by atoms with Crippen LogP contribution in [0, 0.1) is 0 Å². The van der Waals surface area contributed by atoms with E-state index in [9.17, 15) is 39.0 Å². The Morgan fingerprint density at radius 3 is 1.36 bits per heavy atom. The van der Waals surface area contributed by atoms with Crippen LogP contribution >= 0.6 is 11.8 Å². The van der Waals surface area contributed by atoms with Crippen molar-refractivity contribution in [1.82, 2.24) is 0 Å². The molecule has 3 heterocycles. The molecule has 6 N–H and O–H groups in total. The third-order valence-electron chi connectivity index (χ3n) is 11.8. The Kier molecular flexibility index (Phi) is 18.5. The molecule has 3 aliphatic rings. The first-order chi connectivity index (χ1) is 34.8. The molecule has 3 fully saturated rings. The van der Waals surface area contributed by atoms with Gasteiger partial charge in [-0.25, -0.2) is 24.0 Å². The molecule has 0 aliphatic carbocycles. The molecule has 3 saturated heterocycles. The molecule has 15 atom stereocenters. The molecular formula is C50H54N2O19S. The molecular weight excluding hydrogens is 965 g/mol. The number of carbonyl (C=O) groups is 6. The lowest BCUT2D eigenvalue weighted by molar-refractivity contribution is -0.311. The van der Waals surface area contributed by atoms with Gasteiger partial charge in [0.25, 0.3) is 0 Å². The van der Waals surface area contributed by atoms with Gasteiger partial charge in [0, 0.05) is 14.0 Å². The Morgan fingerprint density at radius 1 is 0.514 bits per heavy atom. The average Bonchev–Trinajstić information content (AvgIpc) is 3.40. The van der Waals surface area contributed by atoms with Crippen molar-refractivity contribution < 1.29 is 91.1 Å². The Labute approximate surface area is 417 Å². The number of methoxy groups -OCH3 is 2. The van der Waals surface area contributed by atoms with Gasteiger partial charge in [0.2, 0.25) is 0 Å². The quantitative estimate of drug-likeness (QED) is 0.0868. The highest BCUT2D eigenvalue weighted by atomic mass is 32.2. The topological polar surface area (TPSA) is 296 Å². The number of aliphatic hydroxyl groups excluding tert-OH is 2. The van der Waals surface area contributed by atoms with Crippen molar-refractivity contribution >= 4 is 47.6 Å². The first kappa shape index (κ1) is 53.5. The van der Waals surface area contributed by atoms with Gasteiger partial charge in [-0.05, 0) is 48.5 Å². The number of esters is 6. The highest BCUT2D eigenvalue weighted by molar-refractivity contribution is 8.00. The van der Waals surface area contributed by atoms with Crippen LogP contribution in [0.2, 0.25) is 0 Å². The van der Waals surface area contributed by atoms with Gasteiger partial charge < -0.3 is 73.8 Å². The fraction of sp³-hybridized carbons (Fsp3) is 0.400. The highest BCUT2D eigenvalue weighted by Crippen LogP contribution is 2.43. The number of benzene rings is 4. The number of rotatable bonds is 17. The van der Waals surface area contributed by atoms with E-state index in [1.165, 1.54) is 55.6 Å². The van der Waals surface area contributed by atoms with Crippen LogP contribution in [0.3, 0.4) is 0 Å². The molecule has 4 aromatic carbocycles. The standard InChI is InChI=1S/C50H54N2O19S/c1-26(55)63-35-31(24-53)64-49(33(51)36(35)66-43(56)27-16-8-4-9-17-27)70-38-39(68-45(58)29-20-12-6-13-21-29)41(69-46(59)30-22-14-7-15-23-30)50(71-40(38)47(60)61-2)72-42-32(25-54)65-48(62-3)34(52)37(42)67-44(57)28-18-10-5-11-19-28/h4-23,31-42,48-50,53-54H,24-25,51-52H2,1-3H3/t31?,32-,33?,34-,35-,36-,37-,38+,39+,40+,41-,42-,48+,49-,50+/m1/s1. The van der Waals surface area contributed by atoms with E-state index in [0.29, 0.717) is 0 Å². The van der Waals surface area contributed by atoms with Crippen LogP contribution in [-0.4, -0.2) is 164 Å². The second kappa shape index (κ2) is 24.9. The Balaban J connectivity index is 1.33. The zero-order valence-corrected chi connectivity index (χ0v) is 39.8. The molecule has 22 heteroatoms. The summed E-state index contributed by atoms with van der Waals surface area (Å²) in [6, 6.07) is 28.2. The summed E-state index contributed by atoms with van der Waals surface area (Å²) in [5.41, 5.74) is 12.1. The lowest BCUT2D eigenvalue weighted by Gasteiger charge is -2.49. The first-order valence-corrected chi connectivity index (χ1v) is 23.5. The summed E-state index contributed by atoms with van der Waals surface area (Å²) in [6.45, 7) is -0.487. The van der Waals surface area contributed by atoms with Crippen molar-refractivity contribution in [3.8, 4) is 0 Å². The molecule has 2 unspecified atom stereocenters. The van der Waals surface area contributed by atoms with Gasteiger partial charge in [-0.1, -0.05) is 72.8 Å². The third-order valence-corrected chi connectivity index (χ3v) is 13.3. The molecule has 0 aromatic heterocycles. The number of hydrogen-bond acceptors (Lipinski definition) is 22. The van der Waals surface area contributed by atoms with E-state index in [1.54, 1.807) is 72.8 Å². The summed E-state index contributed by atoms with van der Waals surface area (Å²) in [5, 5.41) is 20.3. The fourth-order valence-electron chi connectivity index (χ4n) is 8.28. The lowest BCUT2D eigenvalue weighted by atomic mass is 9.95. The molecule has 0 spiro atoms. The van der Waals surface area contributed by atoms with Crippen LogP contribution in [0.25, 0.3) is 0 Å². The summed E-state index contributed by atoms with van der Waals surface area (Å²) < 4.78 is 65.8. The van der Waals surface area contributed by atoms with Gasteiger partial charge in [0.1, 0.15) is 23.7 Å². The van der Waals surface area contributed by atoms with Crippen LogP contribution in [0.5, 0.6) is 0 Å². The monoisotopic (exact) mass is 1020 g/mol. The molecule has 7 rings (SSSR count). The maximum atomic E-state index is 14.3. The smallest absolute Gasteiger partial charge is 0.338 e. The van der Waals surface area contributed by atoms with Crippen LogP contribution in [-0.2, 0) is 61.7 Å². The minimum absolute atomic E-state index is 0.00303. The Morgan fingerprint density at radius 2 is 0.931 bits per heavy atom. The predicted octanol–water partition coefficient (Wildman–Crippen LogP) is 1.94. The maximum Gasteiger partial charge on any atom is 0.338 e. The molecule has 0 saturated carbocycles. The second-order valence-corrected chi connectivity index (χ2v) is 17.8. The van der Waals surface area contributed by atoms with E-state index in [-0.39, 0.29) is 22.3 Å². The van der Waals surface area contributed by atoms with Gasteiger partial charge in [0.05, 0.1) is 66.0 Å². The molecule has 0 amide bonds. The molecule has 4 aromatic rings. The minimum Gasteiger partial charge on any atom is -0.467 e. The van der Waals surface area contributed by atoms with Gasteiger partial charge >= 0.3 is 35.8 Å².